The predicted molar refractivity (Wildman–Crippen MR) is 99.8 cm³/mol. The fourth-order valence-corrected chi connectivity index (χ4v) is 3.10. The van der Waals surface area contributed by atoms with Crippen LogP contribution in [0, 0.1) is 6.92 Å². The standard InChI is InChI=1S/C18H21ClN4O/c1-13-3-2-4-16(19)17(13)21-18(24)23-11-9-22(10-12-23)15-7-5-14(20)6-8-15/h2-8H,9-12,20H2,1H3,(H,21,24). The number of hydrogen-bond acceptors (Lipinski definition) is 3. The van der Waals surface area contributed by atoms with Crippen molar-refractivity contribution in [3.8, 4) is 0 Å². The van der Waals surface area contributed by atoms with E-state index < -0.39 is 0 Å². The van der Waals surface area contributed by atoms with E-state index in [1.807, 2.05) is 48.2 Å². The van der Waals surface area contributed by atoms with Gasteiger partial charge < -0.3 is 20.9 Å². The van der Waals surface area contributed by atoms with Crippen LogP contribution in [0.25, 0.3) is 0 Å². The van der Waals surface area contributed by atoms with Gasteiger partial charge in [-0.2, -0.15) is 0 Å². The maximum Gasteiger partial charge on any atom is 0.322 e. The van der Waals surface area contributed by atoms with Crippen LogP contribution in [0.5, 0.6) is 0 Å². The molecule has 0 saturated carbocycles. The van der Waals surface area contributed by atoms with Crippen LogP contribution in [0.15, 0.2) is 42.5 Å². The molecule has 0 radical (unpaired) electrons. The molecule has 2 aromatic rings. The summed E-state index contributed by atoms with van der Waals surface area (Å²) in [5.74, 6) is 0. The van der Waals surface area contributed by atoms with Gasteiger partial charge in [0.1, 0.15) is 0 Å². The molecule has 6 heteroatoms. The predicted octanol–water partition coefficient (Wildman–Crippen LogP) is 3.58. The molecule has 1 aliphatic heterocycles. The first kappa shape index (κ1) is 16.5. The van der Waals surface area contributed by atoms with Crippen LogP contribution >= 0.6 is 11.6 Å². The van der Waals surface area contributed by atoms with Gasteiger partial charge in [-0.25, -0.2) is 4.79 Å². The maximum atomic E-state index is 12.5. The molecule has 3 rings (SSSR count). The van der Waals surface area contributed by atoms with E-state index in [0.717, 1.165) is 30.0 Å². The molecule has 1 fully saturated rings. The topological polar surface area (TPSA) is 61.6 Å². The van der Waals surface area contributed by atoms with E-state index in [0.29, 0.717) is 23.8 Å². The number of carbonyl (C=O) groups excluding carboxylic acids is 1. The third-order valence-electron chi connectivity index (χ3n) is 4.28. The number of amides is 2. The fourth-order valence-electron chi connectivity index (χ4n) is 2.83. The van der Waals surface area contributed by atoms with Gasteiger partial charge in [0.15, 0.2) is 0 Å². The van der Waals surface area contributed by atoms with Gasteiger partial charge in [-0.1, -0.05) is 23.7 Å². The number of hydrogen-bond donors (Lipinski definition) is 2. The lowest BCUT2D eigenvalue weighted by molar-refractivity contribution is 0.208. The SMILES string of the molecule is Cc1cccc(Cl)c1NC(=O)N1CCN(c2ccc(N)cc2)CC1. The van der Waals surface area contributed by atoms with Crippen molar-refractivity contribution < 1.29 is 4.79 Å². The van der Waals surface area contributed by atoms with Gasteiger partial charge in [-0.15, -0.1) is 0 Å². The van der Waals surface area contributed by atoms with E-state index in [4.69, 9.17) is 17.3 Å². The van der Waals surface area contributed by atoms with E-state index in [1.54, 1.807) is 6.07 Å². The number of rotatable bonds is 2. The molecule has 3 N–H and O–H groups in total. The Hall–Kier alpha value is -2.40. The van der Waals surface area contributed by atoms with Crippen molar-refractivity contribution in [2.45, 2.75) is 6.92 Å². The number of nitrogens with zero attached hydrogens (tertiary/aromatic N) is 2. The third-order valence-corrected chi connectivity index (χ3v) is 4.59. The minimum absolute atomic E-state index is 0.108. The second-order valence-electron chi connectivity index (χ2n) is 5.93. The van der Waals surface area contributed by atoms with Gasteiger partial charge in [0, 0.05) is 37.6 Å². The van der Waals surface area contributed by atoms with E-state index in [-0.39, 0.29) is 6.03 Å². The monoisotopic (exact) mass is 344 g/mol. The number of carbonyl (C=O) groups is 1. The summed E-state index contributed by atoms with van der Waals surface area (Å²) in [5.41, 5.74) is 9.25. The Kier molecular flexibility index (Phi) is 4.81. The zero-order chi connectivity index (χ0) is 17.1. The molecule has 1 aliphatic rings. The Balaban J connectivity index is 1.60. The Labute approximate surface area is 147 Å². The minimum Gasteiger partial charge on any atom is -0.399 e. The number of piperazine rings is 1. The number of anilines is 3. The smallest absolute Gasteiger partial charge is 0.322 e. The summed E-state index contributed by atoms with van der Waals surface area (Å²) in [6.45, 7) is 4.84. The van der Waals surface area contributed by atoms with E-state index in [9.17, 15) is 4.79 Å². The Morgan fingerprint density at radius 3 is 2.38 bits per heavy atom. The zero-order valence-electron chi connectivity index (χ0n) is 13.6. The molecule has 24 heavy (non-hydrogen) atoms. The second kappa shape index (κ2) is 7.01. The van der Waals surface area contributed by atoms with Gasteiger partial charge >= 0.3 is 6.03 Å². The summed E-state index contributed by atoms with van der Waals surface area (Å²) in [7, 11) is 0. The molecule has 2 aromatic carbocycles. The molecule has 0 spiro atoms. The molecule has 0 aromatic heterocycles. The molecular weight excluding hydrogens is 324 g/mol. The van der Waals surface area contributed by atoms with Gasteiger partial charge in [0.05, 0.1) is 10.7 Å². The summed E-state index contributed by atoms with van der Waals surface area (Å²) in [6.07, 6.45) is 0. The molecule has 5 nitrogen and oxygen atoms in total. The van der Waals surface area contributed by atoms with Crippen LogP contribution in [0.1, 0.15) is 5.56 Å². The number of aryl methyl sites for hydroxylation is 1. The normalized spacial score (nSPS) is 14.6. The van der Waals surface area contributed by atoms with Crippen molar-refractivity contribution in [1.29, 1.82) is 0 Å². The van der Waals surface area contributed by atoms with E-state index >= 15 is 0 Å². The van der Waals surface area contributed by atoms with Crippen LogP contribution < -0.4 is 16.0 Å². The summed E-state index contributed by atoms with van der Waals surface area (Å²) in [5, 5.41) is 3.49. The number of halogens is 1. The van der Waals surface area contributed by atoms with Crippen LogP contribution in [-0.2, 0) is 0 Å². The zero-order valence-corrected chi connectivity index (χ0v) is 14.4. The van der Waals surface area contributed by atoms with Crippen molar-refractivity contribution in [3.05, 3.63) is 53.1 Å². The summed E-state index contributed by atoms with van der Waals surface area (Å²) in [6, 6.07) is 13.3. The number of para-hydroxylation sites is 1. The number of nitrogens with one attached hydrogen (secondary N) is 1. The first-order valence-corrected chi connectivity index (χ1v) is 8.34. The molecular formula is C18H21ClN4O. The molecule has 0 atom stereocenters. The Bertz CT molecular complexity index is 704. The van der Waals surface area contributed by atoms with Gasteiger partial charge in [0.2, 0.25) is 0 Å². The maximum absolute atomic E-state index is 12.5. The number of nitrogens with two attached hydrogens (primary N) is 1. The summed E-state index contributed by atoms with van der Waals surface area (Å²) >= 11 is 6.18. The molecule has 1 heterocycles. The average Bonchev–Trinajstić information content (AvgIpc) is 2.59. The highest BCUT2D eigenvalue weighted by molar-refractivity contribution is 6.33. The summed E-state index contributed by atoms with van der Waals surface area (Å²) < 4.78 is 0. The minimum atomic E-state index is -0.108. The molecule has 2 amide bonds. The van der Waals surface area contributed by atoms with Crippen molar-refractivity contribution >= 4 is 34.7 Å². The number of urea groups is 1. The molecule has 1 saturated heterocycles. The lowest BCUT2D eigenvalue weighted by Gasteiger charge is -2.36. The van der Waals surface area contributed by atoms with Gasteiger partial charge in [-0.3, -0.25) is 0 Å². The lowest BCUT2D eigenvalue weighted by atomic mass is 10.2. The third kappa shape index (κ3) is 3.57. The van der Waals surface area contributed by atoms with Crippen molar-refractivity contribution in [2.24, 2.45) is 0 Å². The molecule has 0 aliphatic carbocycles. The first-order valence-electron chi connectivity index (χ1n) is 7.96. The fraction of sp³-hybridized carbons (Fsp3) is 0.278. The van der Waals surface area contributed by atoms with Crippen molar-refractivity contribution in [2.75, 3.05) is 42.1 Å². The number of nitrogen functional groups attached to an aromatic ring is 1. The molecule has 0 unspecified atom stereocenters. The highest BCUT2D eigenvalue weighted by Gasteiger charge is 2.22. The average molecular weight is 345 g/mol. The van der Waals surface area contributed by atoms with Crippen LogP contribution in [-0.4, -0.2) is 37.1 Å². The van der Waals surface area contributed by atoms with Crippen LogP contribution in [0.3, 0.4) is 0 Å². The van der Waals surface area contributed by atoms with Gasteiger partial charge in [0.25, 0.3) is 0 Å². The number of benzene rings is 2. The Morgan fingerprint density at radius 1 is 1.08 bits per heavy atom. The van der Waals surface area contributed by atoms with Crippen LogP contribution in [0.2, 0.25) is 5.02 Å². The Morgan fingerprint density at radius 2 is 1.75 bits per heavy atom. The summed E-state index contributed by atoms with van der Waals surface area (Å²) in [4.78, 5) is 16.6. The lowest BCUT2D eigenvalue weighted by Crippen LogP contribution is -2.50. The molecule has 0 bridgehead atoms. The first-order chi connectivity index (χ1) is 11.5. The highest BCUT2D eigenvalue weighted by atomic mass is 35.5. The van der Waals surface area contributed by atoms with E-state index in [1.165, 1.54) is 0 Å². The van der Waals surface area contributed by atoms with Crippen LogP contribution in [0.4, 0.5) is 21.9 Å². The largest absolute Gasteiger partial charge is 0.399 e. The van der Waals surface area contributed by atoms with Gasteiger partial charge in [-0.05, 0) is 42.8 Å². The van der Waals surface area contributed by atoms with Crippen molar-refractivity contribution in [3.63, 3.8) is 0 Å². The highest BCUT2D eigenvalue weighted by Crippen LogP contribution is 2.26. The van der Waals surface area contributed by atoms with Crippen molar-refractivity contribution in [1.82, 2.24) is 4.90 Å². The quantitative estimate of drug-likeness (QED) is 0.818. The molecule has 126 valence electrons. The second-order valence-corrected chi connectivity index (χ2v) is 6.33. The van der Waals surface area contributed by atoms with E-state index in [2.05, 4.69) is 10.2 Å².